The zero-order chi connectivity index (χ0) is 24.2. The van der Waals surface area contributed by atoms with E-state index in [1.165, 1.54) is 11.0 Å². The van der Waals surface area contributed by atoms with Crippen LogP contribution in [0, 0.1) is 0 Å². The van der Waals surface area contributed by atoms with Gasteiger partial charge in [-0.2, -0.15) is 13.2 Å². The second-order valence-electron chi connectivity index (χ2n) is 8.17. The van der Waals surface area contributed by atoms with Crippen LogP contribution in [-0.2, 0) is 30.5 Å². The van der Waals surface area contributed by atoms with Gasteiger partial charge in [0.1, 0.15) is 6.04 Å². The van der Waals surface area contributed by atoms with E-state index >= 15 is 0 Å². The molecule has 0 spiro atoms. The van der Waals surface area contributed by atoms with Gasteiger partial charge in [0, 0.05) is 31.7 Å². The number of likely N-dealkylation sites (N-methyl/N-ethyl adjacent to an activating group) is 1. The fraction of sp³-hybridized carbons (Fsp3) is 0.417. The third-order valence-electron chi connectivity index (χ3n) is 5.85. The molecule has 1 fully saturated rings. The Morgan fingerprint density at radius 3 is 2.48 bits per heavy atom. The van der Waals surface area contributed by atoms with Crippen LogP contribution in [0.2, 0.25) is 5.02 Å². The summed E-state index contributed by atoms with van der Waals surface area (Å²) in [6, 6.07) is 9.70. The zero-order valence-corrected chi connectivity index (χ0v) is 19.3. The van der Waals surface area contributed by atoms with Gasteiger partial charge in [-0.1, -0.05) is 36.7 Å². The lowest BCUT2D eigenvalue weighted by Crippen LogP contribution is -2.49. The summed E-state index contributed by atoms with van der Waals surface area (Å²) in [7, 11) is 1.68. The summed E-state index contributed by atoms with van der Waals surface area (Å²) in [5.41, 5.74) is 1.32. The molecule has 3 rings (SSSR count). The van der Waals surface area contributed by atoms with Crippen LogP contribution in [0.15, 0.2) is 42.5 Å². The second kappa shape index (κ2) is 10.5. The summed E-state index contributed by atoms with van der Waals surface area (Å²) < 4.78 is 39.3. The first kappa shape index (κ1) is 24.9. The summed E-state index contributed by atoms with van der Waals surface area (Å²) in [6.07, 6.45) is -2.68. The van der Waals surface area contributed by atoms with Crippen molar-refractivity contribution in [3.63, 3.8) is 0 Å². The number of hydrogen-bond acceptors (Lipinski definition) is 2. The van der Waals surface area contributed by atoms with Gasteiger partial charge in [-0.25, -0.2) is 4.79 Å². The SMILES string of the molecule is CCc1ccc(C(F)(F)F)cc1CNC(=O)N1CCC[C@@H]1C(=O)N(C)Cc1ccc(Cl)cc1. The maximum absolute atomic E-state index is 13.1. The Morgan fingerprint density at radius 1 is 1.15 bits per heavy atom. The summed E-state index contributed by atoms with van der Waals surface area (Å²) in [5.74, 6) is -0.175. The smallest absolute Gasteiger partial charge is 0.340 e. The molecule has 3 amide bonds. The molecule has 5 nitrogen and oxygen atoms in total. The van der Waals surface area contributed by atoms with Crippen molar-refractivity contribution >= 4 is 23.5 Å². The number of hydrogen-bond donors (Lipinski definition) is 1. The molecule has 1 saturated heterocycles. The van der Waals surface area contributed by atoms with Crippen molar-refractivity contribution in [1.29, 1.82) is 0 Å². The molecule has 1 heterocycles. The fourth-order valence-electron chi connectivity index (χ4n) is 4.05. The van der Waals surface area contributed by atoms with Gasteiger partial charge in [0.05, 0.1) is 5.56 Å². The molecule has 2 aromatic carbocycles. The Kier molecular flexibility index (Phi) is 7.89. The maximum atomic E-state index is 13.1. The Balaban J connectivity index is 1.65. The predicted octanol–water partition coefficient (Wildman–Crippen LogP) is 5.25. The van der Waals surface area contributed by atoms with Crippen molar-refractivity contribution in [2.75, 3.05) is 13.6 Å². The van der Waals surface area contributed by atoms with E-state index < -0.39 is 23.8 Å². The maximum Gasteiger partial charge on any atom is 0.416 e. The highest BCUT2D eigenvalue weighted by Crippen LogP contribution is 2.31. The molecule has 2 aromatic rings. The van der Waals surface area contributed by atoms with Crippen LogP contribution < -0.4 is 5.32 Å². The number of alkyl halides is 3. The number of halogens is 4. The Hall–Kier alpha value is -2.74. The zero-order valence-electron chi connectivity index (χ0n) is 18.6. The molecule has 33 heavy (non-hydrogen) atoms. The lowest BCUT2D eigenvalue weighted by atomic mass is 10.0. The molecule has 0 saturated carbocycles. The molecule has 0 bridgehead atoms. The van der Waals surface area contributed by atoms with E-state index in [-0.39, 0.29) is 12.5 Å². The van der Waals surface area contributed by atoms with Gasteiger partial charge in [0.25, 0.3) is 0 Å². The number of amides is 3. The van der Waals surface area contributed by atoms with Gasteiger partial charge in [-0.3, -0.25) is 4.79 Å². The van der Waals surface area contributed by atoms with Crippen LogP contribution in [0.1, 0.15) is 42.0 Å². The molecule has 0 aromatic heterocycles. The van der Waals surface area contributed by atoms with Gasteiger partial charge in [-0.05, 0) is 60.2 Å². The summed E-state index contributed by atoms with van der Waals surface area (Å²) in [6.45, 7) is 2.61. The van der Waals surface area contributed by atoms with E-state index in [1.54, 1.807) is 24.1 Å². The van der Waals surface area contributed by atoms with E-state index in [2.05, 4.69) is 5.32 Å². The van der Waals surface area contributed by atoms with Crippen LogP contribution in [0.5, 0.6) is 0 Å². The molecule has 1 aliphatic heterocycles. The van der Waals surface area contributed by atoms with E-state index in [4.69, 9.17) is 11.6 Å². The highest BCUT2D eigenvalue weighted by atomic mass is 35.5. The van der Waals surface area contributed by atoms with Gasteiger partial charge in [0.15, 0.2) is 0 Å². The number of nitrogens with zero attached hydrogens (tertiary/aromatic N) is 2. The monoisotopic (exact) mass is 481 g/mol. The standard InChI is InChI=1S/C24H27ClF3N3O2/c1-3-17-8-9-19(24(26,27)28)13-18(17)14-29-23(33)31-12-4-5-21(31)22(32)30(2)15-16-6-10-20(25)11-7-16/h6-11,13,21H,3-5,12,14-15H2,1-2H3,(H,29,33)/t21-/m1/s1. The van der Waals surface area contributed by atoms with Crippen LogP contribution in [0.3, 0.4) is 0 Å². The Labute approximate surface area is 196 Å². The Morgan fingerprint density at radius 2 is 1.85 bits per heavy atom. The lowest BCUT2D eigenvalue weighted by molar-refractivity contribution is -0.137. The van der Waals surface area contributed by atoms with Crippen LogP contribution in [0.25, 0.3) is 0 Å². The molecular formula is C24H27ClF3N3O2. The average molecular weight is 482 g/mol. The predicted molar refractivity (Wildman–Crippen MR) is 121 cm³/mol. The third-order valence-corrected chi connectivity index (χ3v) is 6.10. The van der Waals surface area contributed by atoms with Crippen molar-refractivity contribution < 1.29 is 22.8 Å². The minimum Gasteiger partial charge on any atom is -0.340 e. The van der Waals surface area contributed by atoms with Crippen molar-refractivity contribution in [2.45, 2.75) is 51.5 Å². The number of rotatable bonds is 6. The number of likely N-dealkylation sites (tertiary alicyclic amines) is 1. The number of aryl methyl sites for hydroxylation is 1. The topological polar surface area (TPSA) is 52.7 Å². The number of nitrogens with one attached hydrogen (secondary N) is 1. The van der Waals surface area contributed by atoms with Crippen molar-refractivity contribution in [1.82, 2.24) is 15.1 Å². The summed E-state index contributed by atoms with van der Waals surface area (Å²) in [5, 5.41) is 3.32. The molecule has 0 aliphatic carbocycles. The Bertz CT molecular complexity index is 995. The largest absolute Gasteiger partial charge is 0.416 e. The molecule has 1 atom stereocenters. The van der Waals surface area contributed by atoms with Crippen molar-refractivity contribution in [3.8, 4) is 0 Å². The molecular weight excluding hydrogens is 455 g/mol. The number of carbonyl (C=O) groups excluding carboxylic acids is 2. The lowest BCUT2D eigenvalue weighted by Gasteiger charge is -2.28. The molecule has 178 valence electrons. The first-order chi connectivity index (χ1) is 15.6. The fourth-order valence-corrected chi connectivity index (χ4v) is 4.17. The first-order valence-electron chi connectivity index (χ1n) is 10.8. The van der Waals surface area contributed by atoms with Gasteiger partial charge < -0.3 is 15.1 Å². The number of carbonyl (C=O) groups is 2. The normalized spacial score (nSPS) is 16.1. The van der Waals surface area contributed by atoms with Crippen LogP contribution in [0.4, 0.5) is 18.0 Å². The average Bonchev–Trinajstić information content (AvgIpc) is 3.27. The van der Waals surface area contributed by atoms with E-state index in [0.29, 0.717) is 42.9 Å². The van der Waals surface area contributed by atoms with E-state index in [9.17, 15) is 22.8 Å². The molecule has 1 N–H and O–H groups in total. The molecule has 0 radical (unpaired) electrons. The second-order valence-corrected chi connectivity index (χ2v) is 8.60. The number of benzene rings is 2. The summed E-state index contributed by atoms with van der Waals surface area (Å²) in [4.78, 5) is 28.9. The van der Waals surface area contributed by atoms with Crippen LogP contribution >= 0.6 is 11.6 Å². The molecule has 0 unspecified atom stereocenters. The minimum absolute atomic E-state index is 0.0377. The third kappa shape index (κ3) is 6.19. The van der Waals surface area contributed by atoms with Gasteiger partial charge in [0.2, 0.25) is 5.91 Å². The summed E-state index contributed by atoms with van der Waals surface area (Å²) >= 11 is 5.90. The number of urea groups is 1. The van der Waals surface area contributed by atoms with Gasteiger partial charge in [-0.15, -0.1) is 0 Å². The van der Waals surface area contributed by atoms with Crippen molar-refractivity contribution in [2.24, 2.45) is 0 Å². The van der Waals surface area contributed by atoms with E-state index in [0.717, 1.165) is 23.3 Å². The van der Waals surface area contributed by atoms with E-state index in [1.807, 2.05) is 19.1 Å². The quantitative estimate of drug-likeness (QED) is 0.612. The molecule has 1 aliphatic rings. The minimum atomic E-state index is -4.45. The van der Waals surface area contributed by atoms with Gasteiger partial charge >= 0.3 is 12.2 Å². The highest BCUT2D eigenvalue weighted by Gasteiger charge is 2.36. The first-order valence-corrected chi connectivity index (χ1v) is 11.2. The van der Waals surface area contributed by atoms with Crippen molar-refractivity contribution in [3.05, 3.63) is 69.7 Å². The highest BCUT2D eigenvalue weighted by molar-refractivity contribution is 6.30. The van der Waals surface area contributed by atoms with Crippen LogP contribution in [-0.4, -0.2) is 41.4 Å². The molecule has 9 heteroatoms.